The third-order valence-electron chi connectivity index (χ3n) is 4.83. The molecule has 2 rings (SSSR count). The first-order valence-electron chi connectivity index (χ1n) is 10.2. The second-order valence-corrected chi connectivity index (χ2v) is 9.33. The number of sulfone groups is 1. The first-order valence-corrected chi connectivity index (χ1v) is 12.0. The Morgan fingerprint density at radius 2 is 1.90 bits per heavy atom. The van der Waals surface area contributed by atoms with E-state index >= 15 is 0 Å². The molecule has 0 radical (unpaired) electrons. The molecule has 0 aromatic carbocycles. The second-order valence-electron chi connectivity index (χ2n) is 7.15. The first-order chi connectivity index (χ1) is 13.9. The van der Waals surface area contributed by atoms with Gasteiger partial charge < -0.3 is 14.5 Å². The van der Waals surface area contributed by atoms with Crippen molar-refractivity contribution in [1.82, 2.24) is 9.88 Å². The van der Waals surface area contributed by atoms with Crippen LogP contribution in [-0.2, 0) is 19.4 Å². The van der Waals surface area contributed by atoms with Crippen molar-refractivity contribution >= 4 is 27.5 Å². The minimum atomic E-state index is -3.36. The molecule has 1 fully saturated rings. The van der Waals surface area contributed by atoms with Gasteiger partial charge in [-0.05, 0) is 31.9 Å². The maximum atomic E-state index is 12.5. The van der Waals surface area contributed by atoms with Crippen LogP contribution in [0.2, 0.25) is 0 Å². The molecule has 0 spiro atoms. The summed E-state index contributed by atoms with van der Waals surface area (Å²) in [6.07, 6.45) is 4.62. The zero-order valence-electron chi connectivity index (χ0n) is 17.3. The van der Waals surface area contributed by atoms with Gasteiger partial charge in [-0.15, -0.1) is 0 Å². The van der Waals surface area contributed by atoms with Crippen molar-refractivity contribution in [2.75, 3.05) is 49.2 Å². The highest BCUT2D eigenvalue weighted by Gasteiger charge is 2.24. The van der Waals surface area contributed by atoms with Crippen molar-refractivity contribution in [3.05, 3.63) is 23.9 Å². The Hall–Kier alpha value is -2.16. The number of hydrogen-bond acceptors (Lipinski definition) is 7. The Balaban J connectivity index is 1.91. The van der Waals surface area contributed by atoms with Crippen LogP contribution in [0.1, 0.15) is 49.9 Å². The molecule has 8 nitrogen and oxygen atoms in total. The van der Waals surface area contributed by atoms with E-state index in [1.54, 1.807) is 24.0 Å². The summed E-state index contributed by atoms with van der Waals surface area (Å²) in [5, 5.41) is 0. The third kappa shape index (κ3) is 7.30. The molecule has 1 aromatic rings. The quantitative estimate of drug-likeness (QED) is 0.440. The van der Waals surface area contributed by atoms with Gasteiger partial charge in [0.2, 0.25) is 5.91 Å². The van der Waals surface area contributed by atoms with Crippen molar-refractivity contribution in [3.8, 4) is 0 Å². The topological polar surface area (TPSA) is 96.9 Å². The molecule has 0 unspecified atom stereocenters. The maximum Gasteiger partial charge on any atom is 0.339 e. The van der Waals surface area contributed by atoms with E-state index in [9.17, 15) is 18.0 Å². The number of hydrogen-bond donors (Lipinski definition) is 0. The number of pyridine rings is 1. The molecule has 1 aliphatic rings. The highest BCUT2D eigenvalue weighted by Crippen LogP contribution is 2.15. The van der Waals surface area contributed by atoms with Crippen LogP contribution >= 0.6 is 0 Å². The number of amides is 1. The van der Waals surface area contributed by atoms with Crippen LogP contribution in [0.4, 0.5) is 5.82 Å². The number of nitrogens with zero attached hydrogens (tertiary/aromatic N) is 3. The summed E-state index contributed by atoms with van der Waals surface area (Å²) in [5.74, 6) is -0.347. The van der Waals surface area contributed by atoms with E-state index in [2.05, 4.69) is 4.98 Å². The SMILES string of the molecule is CCCCCS(=O)(=O)CC(=O)N1CCCN(c2ccc(C(=O)OCC)cn2)CC1. The minimum absolute atomic E-state index is 0.0727. The van der Waals surface area contributed by atoms with Gasteiger partial charge in [0.15, 0.2) is 9.84 Å². The summed E-state index contributed by atoms with van der Waals surface area (Å²) in [4.78, 5) is 32.2. The average molecular weight is 426 g/mol. The standard InChI is InChI=1S/C20H31N3O5S/c1-3-5-6-14-29(26,27)16-19(24)23-11-7-10-22(12-13-23)18-9-8-17(15-21-18)20(25)28-4-2/h8-9,15H,3-7,10-14,16H2,1-2H3. The predicted octanol–water partition coefficient (Wildman–Crippen LogP) is 1.90. The summed E-state index contributed by atoms with van der Waals surface area (Å²) in [6, 6.07) is 3.44. The van der Waals surface area contributed by atoms with Crippen molar-refractivity contribution in [3.63, 3.8) is 0 Å². The van der Waals surface area contributed by atoms with Crippen molar-refractivity contribution in [2.45, 2.75) is 39.5 Å². The van der Waals surface area contributed by atoms with Crippen molar-refractivity contribution in [2.24, 2.45) is 0 Å². The van der Waals surface area contributed by atoms with E-state index in [0.717, 1.165) is 25.1 Å². The van der Waals surface area contributed by atoms with Crippen LogP contribution < -0.4 is 4.90 Å². The lowest BCUT2D eigenvalue weighted by atomic mass is 10.2. The lowest BCUT2D eigenvalue weighted by Crippen LogP contribution is -2.39. The Bertz CT molecular complexity index is 780. The molecule has 0 aliphatic carbocycles. The van der Waals surface area contributed by atoms with E-state index in [4.69, 9.17) is 4.74 Å². The van der Waals surface area contributed by atoms with Gasteiger partial charge in [0.1, 0.15) is 11.6 Å². The zero-order valence-corrected chi connectivity index (χ0v) is 18.1. The van der Waals surface area contributed by atoms with Gasteiger partial charge >= 0.3 is 5.97 Å². The van der Waals surface area contributed by atoms with Gasteiger partial charge in [0.05, 0.1) is 17.9 Å². The van der Waals surface area contributed by atoms with Gasteiger partial charge in [0, 0.05) is 32.4 Å². The van der Waals surface area contributed by atoms with Crippen LogP contribution in [0.25, 0.3) is 0 Å². The van der Waals surface area contributed by atoms with Gasteiger partial charge in [-0.1, -0.05) is 19.8 Å². The predicted molar refractivity (Wildman–Crippen MR) is 112 cm³/mol. The zero-order chi connectivity index (χ0) is 21.3. The molecule has 0 saturated carbocycles. The summed E-state index contributed by atoms with van der Waals surface area (Å²) >= 11 is 0. The highest BCUT2D eigenvalue weighted by molar-refractivity contribution is 7.92. The summed E-state index contributed by atoms with van der Waals surface area (Å²) in [5.41, 5.74) is 0.399. The van der Waals surface area contributed by atoms with Gasteiger partial charge in [-0.25, -0.2) is 18.2 Å². The molecule has 9 heteroatoms. The first kappa shape index (κ1) is 23.1. The molecule has 1 amide bonds. The fourth-order valence-electron chi connectivity index (χ4n) is 3.23. The van der Waals surface area contributed by atoms with E-state index < -0.39 is 21.6 Å². The van der Waals surface area contributed by atoms with E-state index in [1.807, 2.05) is 11.8 Å². The molecule has 0 bridgehead atoms. The Morgan fingerprint density at radius 3 is 2.55 bits per heavy atom. The lowest BCUT2D eigenvalue weighted by Gasteiger charge is -2.23. The van der Waals surface area contributed by atoms with E-state index in [0.29, 0.717) is 44.8 Å². The number of carbonyl (C=O) groups excluding carboxylic acids is 2. The molecule has 0 N–H and O–H groups in total. The van der Waals surface area contributed by atoms with Crippen LogP contribution in [0.3, 0.4) is 0 Å². The van der Waals surface area contributed by atoms with Gasteiger partial charge in [0.25, 0.3) is 0 Å². The van der Waals surface area contributed by atoms with Crippen LogP contribution in [0, 0.1) is 0 Å². The summed E-state index contributed by atoms with van der Waals surface area (Å²) in [6.45, 7) is 6.32. The maximum absolute atomic E-state index is 12.5. The molecular weight excluding hydrogens is 394 g/mol. The van der Waals surface area contributed by atoms with Crippen LogP contribution in [-0.4, -0.2) is 74.5 Å². The van der Waals surface area contributed by atoms with Gasteiger partial charge in [-0.2, -0.15) is 0 Å². The molecule has 0 atom stereocenters. The van der Waals surface area contributed by atoms with E-state index in [1.165, 1.54) is 6.20 Å². The molecule has 1 aliphatic heterocycles. The van der Waals surface area contributed by atoms with Crippen LogP contribution in [0.15, 0.2) is 18.3 Å². The largest absolute Gasteiger partial charge is 0.462 e. The number of anilines is 1. The van der Waals surface area contributed by atoms with Crippen LogP contribution in [0.5, 0.6) is 0 Å². The molecule has 1 aromatic heterocycles. The monoisotopic (exact) mass is 425 g/mol. The Morgan fingerprint density at radius 1 is 1.10 bits per heavy atom. The third-order valence-corrected chi connectivity index (χ3v) is 6.43. The van der Waals surface area contributed by atoms with Crippen molar-refractivity contribution < 1.29 is 22.7 Å². The number of unbranched alkanes of at least 4 members (excludes halogenated alkanes) is 2. The smallest absolute Gasteiger partial charge is 0.339 e. The number of esters is 1. The molecule has 162 valence electrons. The fraction of sp³-hybridized carbons (Fsp3) is 0.650. The minimum Gasteiger partial charge on any atom is -0.462 e. The van der Waals surface area contributed by atoms with E-state index in [-0.39, 0.29) is 11.7 Å². The normalized spacial score (nSPS) is 15.1. The summed E-state index contributed by atoms with van der Waals surface area (Å²) < 4.78 is 29.3. The Labute approximate surface area is 173 Å². The number of aromatic nitrogens is 1. The second kappa shape index (κ2) is 11.1. The number of rotatable bonds is 9. The van der Waals surface area contributed by atoms with Crippen molar-refractivity contribution in [1.29, 1.82) is 0 Å². The summed E-state index contributed by atoms with van der Waals surface area (Å²) in [7, 11) is -3.36. The molecular formula is C20H31N3O5S. The average Bonchev–Trinajstić information content (AvgIpc) is 2.94. The van der Waals surface area contributed by atoms with Gasteiger partial charge in [-0.3, -0.25) is 4.79 Å². The molecule has 29 heavy (non-hydrogen) atoms. The molecule has 2 heterocycles. The highest BCUT2D eigenvalue weighted by atomic mass is 32.2. The number of ether oxygens (including phenoxy) is 1. The number of carbonyl (C=O) groups is 2. The fourth-order valence-corrected chi connectivity index (χ4v) is 4.57. The molecule has 1 saturated heterocycles. The Kier molecular flexibility index (Phi) is 8.88. The lowest BCUT2D eigenvalue weighted by molar-refractivity contribution is -0.128.